The van der Waals surface area contributed by atoms with Crippen LogP contribution in [0.4, 0.5) is 10.5 Å². The van der Waals surface area contributed by atoms with Crippen LogP contribution in [0.15, 0.2) is 90.5 Å². The summed E-state index contributed by atoms with van der Waals surface area (Å²) in [5.41, 5.74) is 2.09. The Labute approximate surface area is 262 Å². The summed E-state index contributed by atoms with van der Waals surface area (Å²) in [6.07, 6.45) is 1.37. The summed E-state index contributed by atoms with van der Waals surface area (Å²) in [5.74, 6) is -0.266. The topological polar surface area (TPSA) is 94.2 Å². The molecule has 1 aliphatic heterocycles. The Hall–Kier alpha value is -4.50. The van der Waals surface area contributed by atoms with E-state index in [1.54, 1.807) is 72.8 Å². The number of nitrogens with one attached hydrogen (secondary N) is 1. The van der Waals surface area contributed by atoms with Crippen molar-refractivity contribution < 1.29 is 28.6 Å². The molecule has 4 aromatic rings. The van der Waals surface area contributed by atoms with Crippen LogP contribution in [0.3, 0.4) is 0 Å². The van der Waals surface area contributed by atoms with E-state index in [0.29, 0.717) is 44.5 Å². The fraction of sp³-hybridized carbons (Fsp3) is 0.0938. The number of methoxy groups -OCH3 is 1. The first-order valence-electron chi connectivity index (χ1n) is 12.9. The van der Waals surface area contributed by atoms with Gasteiger partial charge in [-0.15, -0.1) is 0 Å². The van der Waals surface area contributed by atoms with E-state index in [-0.39, 0.29) is 17.9 Å². The minimum Gasteiger partial charge on any atom is -0.497 e. The van der Waals surface area contributed by atoms with Gasteiger partial charge in [-0.1, -0.05) is 53.0 Å². The number of hydrogen-bond acceptors (Lipinski definition) is 6. The molecule has 0 spiro atoms. The normalized spacial score (nSPS) is 14.1. The van der Waals surface area contributed by atoms with Crippen molar-refractivity contribution >= 4 is 64.4 Å². The zero-order valence-electron chi connectivity index (χ0n) is 22.6. The summed E-state index contributed by atoms with van der Waals surface area (Å²) < 4.78 is 17.1. The number of nitrogens with zero attached hydrogens (tertiary/aromatic N) is 1. The van der Waals surface area contributed by atoms with Crippen molar-refractivity contribution in [3.05, 3.63) is 122 Å². The maximum absolute atomic E-state index is 13.5. The molecule has 11 heteroatoms. The van der Waals surface area contributed by atoms with Crippen molar-refractivity contribution in [2.75, 3.05) is 12.0 Å². The van der Waals surface area contributed by atoms with E-state index in [4.69, 9.17) is 49.0 Å². The highest BCUT2D eigenvalue weighted by Gasteiger charge is 2.37. The summed E-state index contributed by atoms with van der Waals surface area (Å²) in [6, 6.07) is 22.8. The van der Waals surface area contributed by atoms with Crippen molar-refractivity contribution in [1.29, 1.82) is 0 Å². The molecule has 1 fully saturated rings. The van der Waals surface area contributed by atoms with Crippen LogP contribution in [0.1, 0.15) is 16.7 Å². The lowest BCUT2D eigenvalue weighted by atomic mass is 10.1. The number of hydrogen-bond donors (Lipinski definition) is 1. The predicted octanol–water partition coefficient (Wildman–Crippen LogP) is 7.48. The van der Waals surface area contributed by atoms with Gasteiger partial charge in [-0.05, 0) is 77.9 Å². The molecule has 8 nitrogen and oxygen atoms in total. The molecule has 43 heavy (non-hydrogen) atoms. The van der Waals surface area contributed by atoms with Gasteiger partial charge in [0.25, 0.3) is 11.8 Å². The average Bonchev–Trinajstić information content (AvgIpc) is 3.00. The second kappa shape index (κ2) is 13.2. The van der Waals surface area contributed by atoms with Gasteiger partial charge in [-0.25, -0.2) is 9.69 Å². The molecule has 0 aromatic heterocycles. The van der Waals surface area contributed by atoms with Crippen molar-refractivity contribution in [3.8, 4) is 17.2 Å². The minimum atomic E-state index is -0.868. The predicted molar refractivity (Wildman–Crippen MR) is 165 cm³/mol. The number of urea groups is 1. The SMILES string of the molecule is COc1ccc(/C=C2\C(=O)NC(=O)N(c3ccc(OCc4ccc(Cl)cc4)cc3)C2=O)c(OCc2ccc(Cl)c(Cl)c2)c1. The lowest BCUT2D eigenvalue weighted by molar-refractivity contribution is -0.122. The lowest BCUT2D eigenvalue weighted by Gasteiger charge is -2.26. The van der Waals surface area contributed by atoms with E-state index >= 15 is 0 Å². The molecule has 4 amide bonds. The van der Waals surface area contributed by atoms with Gasteiger partial charge in [0.15, 0.2) is 0 Å². The molecule has 5 rings (SSSR count). The summed E-state index contributed by atoms with van der Waals surface area (Å²) in [5, 5.41) is 3.65. The monoisotopic (exact) mass is 636 g/mol. The molecule has 1 aliphatic rings. The number of ether oxygens (including phenoxy) is 3. The van der Waals surface area contributed by atoms with Gasteiger partial charge in [-0.2, -0.15) is 0 Å². The Kier molecular flexibility index (Phi) is 9.21. The number of carbonyl (C=O) groups excluding carboxylic acids is 3. The third kappa shape index (κ3) is 7.11. The highest BCUT2D eigenvalue weighted by molar-refractivity contribution is 6.42. The number of anilines is 1. The quantitative estimate of drug-likeness (QED) is 0.151. The standard InChI is InChI=1S/C32H23Cl3N2O6/c1-41-25-10-5-21(29(16-25)43-18-20-4-13-27(34)28(35)14-20)15-26-30(38)36-32(40)37(31(26)39)23-8-11-24(12-9-23)42-17-19-2-6-22(33)7-3-19/h2-16H,17-18H2,1H3,(H,36,38,40)/b26-15+. The minimum absolute atomic E-state index is 0.122. The Balaban J connectivity index is 1.36. The maximum Gasteiger partial charge on any atom is 0.335 e. The molecule has 0 atom stereocenters. The van der Waals surface area contributed by atoms with Crippen molar-refractivity contribution in [1.82, 2.24) is 5.32 Å². The molecule has 0 saturated carbocycles. The third-order valence-electron chi connectivity index (χ3n) is 6.41. The van der Waals surface area contributed by atoms with Crippen molar-refractivity contribution in [3.63, 3.8) is 0 Å². The van der Waals surface area contributed by atoms with E-state index in [2.05, 4.69) is 5.32 Å². The molecule has 1 heterocycles. The largest absolute Gasteiger partial charge is 0.497 e. The van der Waals surface area contributed by atoms with Gasteiger partial charge >= 0.3 is 6.03 Å². The highest BCUT2D eigenvalue weighted by atomic mass is 35.5. The summed E-state index contributed by atoms with van der Waals surface area (Å²) >= 11 is 18.1. The summed E-state index contributed by atoms with van der Waals surface area (Å²) in [7, 11) is 1.51. The first kappa shape index (κ1) is 30.0. The highest BCUT2D eigenvalue weighted by Crippen LogP contribution is 2.31. The zero-order chi connectivity index (χ0) is 30.5. The first-order valence-corrected chi connectivity index (χ1v) is 14.0. The molecule has 0 radical (unpaired) electrons. The zero-order valence-corrected chi connectivity index (χ0v) is 24.9. The number of imide groups is 2. The Morgan fingerprint density at radius 1 is 0.744 bits per heavy atom. The molecule has 218 valence electrons. The number of barbiturate groups is 1. The fourth-order valence-corrected chi connectivity index (χ4v) is 4.61. The first-order chi connectivity index (χ1) is 20.7. The van der Waals surface area contributed by atoms with Crippen LogP contribution in [0.2, 0.25) is 15.1 Å². The Bertz CT molecular complexity index is 1720. The Morgan fingerprint density at radius 3 is 2.12 bits per heavy atom. The Morgan fingerprint density at radius 2 is 1.42 bits per heavy atom. The second-order valence-corrected chi connectivity index (χ2v) is 10.6. The molecular formula is C32H23Cl3N2O6. The summed E-state index contributed by atoms with van der Waals surface area (Å²) in [4.78, 5) is 39.9. The van der Waals surface area contributed by atoms with E-state index in [1.807, 2.05) is 12.1 Å². The summed E-state index contributed by atoms with van der Waals surface area (Å²) in [6.45, 7) is 0.426. The van der Waals surface area contributed by atoms with E-state index in [9.17, 15) is 14.4 Å². The molecule has 0 aliphatic carbocycles. The smallest absolute Gasteiger partial charge is 0.335 e. The van der Waals surface area contributed by atoms with Crippen LogP contribution in [-0.2, 0) is 22.8 Å². The number of rotatable bonds is 9. The lowest BCUT2D eigenvalue weighted by Crippen LogP contribution is -2.54. The van der Waals surface area contributed by atoms with Crippen LogP contribution in [0.5, 0.6) is 17.2 Å². The van der Waals surface area contributed by atoms with Crippen molar-refractivity contribution in [2.24, 2.45) is 0 Å². The maximum atomic E-state index is 13.5. The van der Waals surface area contributed by atoms with Crippen LogP contribution in [0, 0.1) is 0 Å². The molecule has 0 unspecified atom stereocenters. The number of carbonyl (C=O) groups is 3. The van der Waals surface area contributed by atoms with Gasteiger partial charge in [0.1, 0.15) is 36.0 Å². The molecular weight excluding hydrogens is 615 g/mol. The average molecular weight is 638 g/mol. The van der Waals surface area contributed by atoms with E-state index < -0.39 is 17.8 Å². The number of amides is 4. The molecule has 1 N–H and O–H groups in total. The molecule has 4 aromatic carbocycles. The number of benzene rings is 4. The van der Waals surface area contributed by atoms with Crippen LogP contribution >= 0.6 is 34.8 Å². The van der Waals surface area contributed by atoms with Crippen LogP contribution in [0.25, 0.3) is 6.08 Å². The third-order valence-corrected chi connectivity index (χ3v) is 7.41. The molecule has 1 saturated heterocycles. The number of halogens is 3. The van der Waals surface area contributed by atoms with Gasteiger partial charge in [-0.3, -0.25) is 14.9 Å². The second-order valence-electron chi connectivity index (χ2n) is 9.31. The van der Waals surface area contributed by atoms with Crippen LogP contribution < -0.4 is 24.4 Å². The van der Waals surface area contributed by atoms with Crippen molar-refractivity contribution in [2.45, 2.75) is 13.2 Å². The van der Waals surface area contributed by atoms with Crippen LogP contribution in [-0.4, -0.2) is 25.0 Å². The van der Waals surface area contributed by atoms with E-state index in [1.165, 1.54) is 13.2 Å². The van der Waals surface area contributed by atoms with Gasteiger partial charge in [0.05, 0.1) is 22.8 Å². The van der Waals surface area contributed by atoms with E-state index in [0.717, 1.165) is 16.0 Å². The van der Waals surface area contributed by atoms with Gasteiger partial charge in [0, 0.05) is 16.7 Å². The van der Waals surface area contributed by atoms with Gasteiger partial charge < -0.3 is 14.2 Å². The fourth-order valence-electron chi connectivity index (χ4n) is 4.16. The molecule has 0 bridgehead atoms. The van der Waals surface area contributed by atoms with Gasteiger partial charge in [0.2, 0.25) is 0 Å².